The van der Waals surface area contributed by atoms with Gasteiger partial charge in [-0.3, -0.25) is 9.79 Å². The van der Waals surface area contributed by atoms with Crippen LogP contribution in [0.1, 0.15) is 42.4 Å². The van der Waals surface area contributed by atoms with Gasteiger partial charge in [-0.1, -0.05) is 49.4 Å². The molecule has 2 aromatic carbocycles. The first-order chi connectivity index (χ1) is 14.2. The molecule has 0 aromatic heterocycles. The molecule has 3 N–H and O–H groups in total. The highest BCUT2D eigenvalue weighted by Gasteiger charge is 2.24. The van der Waals surface area contributed by atoms with E-state index >= 15 is 0 Å². The number of fused-ring (bicyclic) bond motifs is 1. The van der Waals surface area contributed by atoms with E-state index in [0.29, 0.717) is 26.1 Å². The molecule has 1 aliphatic rings. The summed E-state index contributed by atoms with van der Waals surface area (Å²) in [4.78, 5) is 16.3. The smallest absolute Gasteiger partial charge is 0.225 e. The number of amides is 1. The van der Waals surface area contributed by atoms with Crippen LogP contribution >= 0.6 is 24.0 Å². The Balaban J connectivity index is 0.00000320. The van der Waals surface area contributed by atoms with Crippen molar-refractivity contribution in [3.05, 3.63) is 65.2 Å². The van der Waals surface area contributed by atoms with Crippen LogP contribution in [0.3, 0.4) is 0 Å². The zero-order valence-corrected chi connectivity index (χ0v) is 19.9. The van der Waals surface area contributed by atoms with Gasteiger partial charge in [0.15, 0.2) is 5.96 Å². The monoisotopic (exact) mass is 522 g/mol. The lowest BCUT2D eigenvalue weighted by Crippen LogP contribution is -2.40. The summed E-state index contributed by atoms with van der Waals surface area (Å²) in [6, 6.07) is 16.2. The van der Waals surface area contributed by atoms with Gasteiger partial charge in [0.2, 0.25) is 5.91 Å². The van der Waals surface area contributed by atoms with Crippen molar-refractivity contribution in [1.82, 2.24) is 10.6 Å². The maximum Gasteiger partial charge on any atom is 0.225 e. The van der Waals surface area contributed by atoms with Crippen molar-refractivity contribution in [2.24, 2.45) is 4.99 Å². The maximum atomic E-state index is 12.0. The fourth-order valence-corrected chi connectivity index (χ4v) is 3.50. The lowest BCUT2D eigenvalue weighted by molar-refractivity contribution is -0.116. The van der Waals surface area contributed by atoms with Crippen LogP contribution < -0.4 is 16.0 Å². The summed E-state index contributed by atoms with van der Waals surface area (Å²) >= 11 is 0. The van der Waals surface area contributed by atoms with Gasteiger partial charge in [0.05, 0.1) is 6.61 Å². The van der Waals surface area contributed by atoms with E-state index in [4.69, 9.17) is 4.74 Å². The van der Waals surface area contributed by atoms with Crippen LogP contribution in [0.2, 0.25) is 0 Å². The number of hydrogen-bond acceptors (Lipinski definition) is 3. The summed E-state index contributed by atoms with van der Waals surface area (Å²) < 4.78 is 5.70. The standard InChI is InChI=1S/C23H30N4O2.HI/c1-3-12-29-16-18-9-5-4-8-17(18)14-25-23(24-2)26-15-19-13-22(28)27-21-11-7-6-10-20(19)21;/h4-11,19H,3,12-16H2,1-2H3,(H,27,28)(H2,24,25,26);1H. The van der Waals surface area contributed by atoms with Crippen molar-refractivity contribution in [2.45, 2.75) is 38.8 Å². The Labute approximate surface area is 195 Å². The Morgan fingerprint density at radius 3 is 2.63 bits per heavy atom. The molecule has 0 aliphatic carbocycles. The highest BCUT2D eigenvalue weighted by Crippen LogP contribution is 2.31. The summed E-state index contributed by atoms with van der Waals surface area (Å²) in [6.45, 7) is 4.79. The number of para-hydroxylation sites is 1. The number of guanidine groups is 1. The van der Waals surface area contributed by atoms with E-state index in [9.17, 15) is 4.79 Å². The van der Waals surface area contributed by atoms with Gasteiger partial charge in [-0.15, -0.1) is 24.0 Å². The molecule has 0 spiro atoms. The molecular weight excluding hydrogens is 491 g/mol. The number of aliphatic imine (C=N–C) groups is 1. The summed E-state index contributed by atoms with van der Waals surface area (Å²) in [5.41, 5.74) is 4.43. The Bertz CT molecular complexity index is 857. The molecule has 0 bridgehead atoms. The average molecular weight is 522 g/mol. The molecule has 6 nitrogen and oxygen atoms in total. The lowest BCUT2D eigenvalue weighted by Gasteiger charge is -2.26. The van der Waals surface area contributed by atoms with Gasteiger partial charge < -0.3 is 20.7 Å². The van der Waals surface area contributed by atoms with Gasteiger partial charge in [-0.05, 0) is 29.2 Å². The third-order valence-corrected chi connectivity index (χ3v) is 5.02. The number of anilines is 1. The minimum absolute atomic E-state index is 0. The Morgan fingerprint density at radius 2 is 1.87 bits per heavy atom. The summed E-state index contributed by atoms with van der Waals surface area (Å²) in [6.07, 6.45) is 1.48. The Kier molecular flexibility index (Phi) is 10.1. The number of nitrogens with one attached hydrogen (secondary N) is 3. The van der Waals surface area contributed by atoms with E-state index < -0.39 is 0 Å². The molecule has 0 fully saturated rings. The molecule has 0 radical (unpaired) electrons. The van der Waals surface area contributed by atoms with Crippen molar-refractivity contribution in [2.75, 3.05) is 25.5 Å². The second kappa shape index (κ2) is 12.5. The molecular formula is C23H31IN4O2. The number of nitrogens with zero attached hydrogens (tertiary/aromatic N) is 1. The van der Waals surface area contributed by atoms with Crippen LogP contribution in [0.4, 0.5) is 5.69 Å². The van der Waals surface area contributed by atoms with Gasteiger partial charge in [-0.25, -0.2) is 0 Å². The third kappa shape index (κ3) is 6.70. The molecule has 1 amide bonds. The zero-order valence-electron chi connectivity index (χ0n) is 17.6. The first kappa shape index (κ1) is 24.1. The number of ether oxygens (including phenoxy) is 1. The van der Waals surface area contributed by atoms with E-state index in [1.54, 1.807) is 7.05 Å². The summed E-state index contributed by atoms with van der Waals surface area (Å²) in [7, 11) is 1.76. The Hall–Kier alpha value is -2.13. The van der Waals surface area contributed by atoms with Crippen LogP contribution in [-0.4, -0.2) is 32.1 Å². The number of carbonyl (C=O) groups excluding carboxylic acids is 1. The first-order valence-corrected chi connectivity index (χ1v) is 10.2. The van der Waals surface area contributed by atoms with Gasteiger partial charge in [0, 0.05) is 44.8 Å². The lowest BCUT2D eigenvalue weighted by atomic mass is 9.90. The molecule has 30 heavy (non-hydrogen) atoms. The van der Waals surface area contributed by atoms with Gasteiger partial charge >= 0.3 is 0 Å². The highest BCUT2D eigenvalue weighted by atomic mass is 127. The fraction of sp³-hybridized carbons (Fsp3) is 0.391. The van der Waals surface area contributed by atoms with Crippen molar-refractivity contribution < 1.29 is 9.53 Å². The highest BCUT2D eigenvalue weighted by molar-refractivity contribution is 14.0. The number of benzene rings is 2. The van der Waals surface area contributed by atoms with Crippen molar-refractivity contribution in [3.63, 3.8) is 0 Å². The predicted octanol–water partition coefficient (Wildman–Crippen LogP) is 4.02. The molecule has 162 valence electrons. The topological polar surface area (TPSA) is 74.8 Å². The van der Waals surface area contributed by atoms with Crippen LogP contribution in [-0.2, 0) is 22.7 Å². The van der Waals surface area contributed by atoms with Gasteiger partial charge in [0.1, 0.15) is 0 Å². The van der Waals surface area contributed by atoms with E-state index in [1.807, 2.05) is 30.3 Å². The van der Waals surface area contributed by atoms with Crippen molar-refractivity contribution in [1.29, 1.82) is 0 Å². The first-order valence-electron chi connectivity index (χ1n) is 10.2. The van der Waals surface area contributed by atoms with Crippen LogP contribution in [0.5, 0.6) is 0 Å². The molecule has 0 saturated heterocycles. The average Bonchev–Trinajstić information content (AvgIpc) is 2.74. The minimum atomic E-state index is 0. The van der Waals surface area contributed by atoms with E-state index in [0.717, 1.165) is 30.2 Å². The maximum absolute atomic E-state index is 12.0. The second-order valence-corrected chi connectivity index (χ2v) is 7.16. The predicted molar refractivity (Wildman–Crippen MR) is 132 cm³/mol. The largest absolute Gasteiger partial charge is 0.377 e. The van der Waals surface area contributed by atoms with Crippen molar-refractivity contribution >= 4 is 41.5 Å². The van der Waals surface area contributed by atoms with Crippen molar-refractivity contribution in [3.8, 4) is 0 Å². The van der Waals surface area contributed by atoms with Crippen LogP contribution in [0.15, 0.2) is 53.5 Å². The van der Waals surface area contributed by atoms with E-state index in [2.05, 4.69) is 46.1 Å². The number of hydrogen-bond donors (Lipinski definition) is 3. The number of carbonyl (C=O) groups is 1. The molecule has 1 aliphatic heterocycles. The molecule has 2 aromatic rings. The number of rotatable bonds is 8. The van der Waals surface area contributed by atoms with Gasteiger partial charge in [0.25, 0.3) is 0 Å². The molecule has 7 heteroatoms. The number of halogens is 1. The van der Waals surface area contributed by atoms with E-state index in [-0.39, 0.29) is 35.8 Å². The SMILES string of the molecule is CCCOCc1ccccc1CNC(=NC)NCC1CC(=O)Nc2ccccc21.I. The molecule has 1 unspecified atom stereocenters. The second-order valence-electron chi connectivity index (χ2n) is 7.16. The molecule has 0 saturated carbocycles. The zero-order chi connectivity index (χ0) is 20.5. The summed E-state index contributed by atoms with van der Waals surface area (Å²) in [5, 5.41) is 9.69. The summed E-state index contributed by atoms with van der Waals surface area (Å²) in [5.74, 6) is 0.894. The molecule has 3 rings (SSSR count). The van der Waals surface area contributed by atoms with Gasteiger partial charge in [-0.2, -0.15) is 0 Å². The Morgan fingerprint density at radius 1 is 1.13 bits per heavy atom. The molecule has 1 atom stereocenters. The van der Waals surface area contributed by atoms with E-state index in [1.165, 1.54) is 11.1 Å². The third-order valence-electron chi connectivity index (χ3n) is 5.02. The fourth-order valence-electron chi connectivity index (χ4n) is 3.50. The quantitative estimate of drug-likeness (QED) is 0.212. The molecule has 1 heterocycles. The normalized spacial score (nSPS) is 15.6. The van der Waals surface area contributed by atoms with Crippen LogP contribution in [0, 0.1) is 0 Å². The van der Waals surface area contributed by atoms with Crippen LogP contribution in [0.25, 0.3) is 0 Å². The minimum Gasteiger partial charge on any atom is -0.377 e.